The van der Waals surface area contributed by atoms with Gasteiger partial charge in [-0.15, -0.1) is 0 Å². The van der Waals surface area contributed by atoms with E-state index in [0.717, 1.165) is 12.0 Å². The van der Waals surface area contributed by atoms with Crippen LogP contribution >= 0.6 is 0 Å². The topological polar surface area (TPSA) is 74.3 Å². The first-order chi connectivity index (χ1) is 6.54. The first kappa shape index (κ1) is 11.2. The Labute approximate surface area is 84.2 Å². The minimum atomic E-state index is -3.58. The maximum atomic E-state index is 10.9. The van der Waals surface area contributed by atoms with Crippen LogP contribution in [0.2, 0.25) is 0 Å². The number of benzene rings is 1. The summed E-state index contributed by atoms with van der Waals surface area (Å²) in [7, 11) is -0.209. The van der Waals surface area contributed by atoms with Crippen LogP contribution in [0, 0.1) is 7.05 Å². The monoisotopic (exact) mass is 212 g/mol. The van der Waals surface area contributed by atoms with Crippen molar-refractivity contribution in [2.45, 2.75) is 11.3 Å². The van der Waals surface area contributed by atoms with Gasteiger partial charge in [-0.05, 0) is 30.7 Å². The van der Waals surface area contributed by atoms with E-state index in [1.807, 2.05) is 0 Å². The zero-order chi connectivity index (χ0) is 10.6. The molecule has 5 heteroatoms. The van der Waals surface area contributed by atoms with Crippen LogP contribution in [0.15, 0.2) is 29.2 Å². The highest BCUT2D eigenvalue weighted by molar-refractivity contribution is 7.89. The van der Waals surface area contributed by atoms with Crippen molar-refractivity contribution in [2.24, 2.45) is 5.14 Å². The summed E-state index contributed by atoms with van der Waals surface area (Å²) in [6, 6.07) is 6.44. The molecule has 0 saturated heterocycles. The van der Waals surface area contributed by atoms with E-state index in [0.29, 0.717) is 6.54 Å². The predicted molar refractivity (Wildman–Crippen MR) is 53.9 cm³/mol. The summed E-state index contributed by atoms with van der Waals surface area (Å²) in [5.74, 6) is 0. The summed E-state index contributed by atoms with van der Waals surface area (Å²) in [6.07, 6.45) is 0.758. The minimum absolute atomic E-state index is 0.132. The lowest BCUT2D eigenvalue weighted by Crippen LogP contribution is -2.12. The normalized spacial score (nSPS) is 11.6. The number of nitrogens with two attached hydrogens (primary N) is 1. The lowest BCUT2D eigenvalue weighted by atomic mass is 10.1. The highest BCUT2D eigenvalue weighted by Crippen LogP contribution is 2.08. The molecule has 2 N–H and O–H groups in total. The van der Waals surface area contributed by atoms with Crippen molar-refractivity contribution in [1.29, 1.82) is 0 Å². The third-order valence-corrected chi connectivity index (χ3v) is 2.74. The molecule has 4 nitrogen and oxygen atoms in total. The number of primary sulfonamides is 1. The van der Waals surface area contributed by atoms with Gasteiger partial charge in [0.1, 0.15) is 0 Å². The fourth-order valence-corrected chi connectivity index (χ4v) is 1.57. The highest BCUT2D eigenvalue weighted by Gasteiger charge is 2.05. The van der Waals surface area contributed by atoms with Crippen LogP contribution in [0.25, 0.3) is 0 Å². The molecule has 0 aromatic heterocycles. The number of sulfonamides is 1. The predicted octanol–water partition coefficient (Wildman–Crippen LogP) is 0.272. The molecule has 1 aromatic carbocycles. The van der Waals surface area contributed by atoms with Crippen molar-refractivity contribution in [3.05, 3.63) is 36.9 Å². The van der Waals surface area contributed by atoms with Crippen LogP contribution in [0.3, 0.4) is 0 Å². The van der Waals surface area contributed by atoms with Gasteiger partial charge in [0.05, 0.1) is 4.90 Å². The molecule has 14 heavy (non-hydrogen) atoms. The number of rotatable bonds is 4. The van der Waals surface area contributed by atoms with Gasteiger partial charge in [0.25, 0.3) is 0 Å². The smallest absolute Gasteiger partial charge is 0.238 e. The lowest BCUT2D eigenvalue weighted by molar-refractivity contribution is 0.598. The first-order valence-electron chi connectivity index (χ1n) is 4.08. The molecule has 0 aliphatic carbocycles. The largest absolute Gasteiger partial charge is 0.424 e. The van der Waals surface area contributed by atoms with E-state index in [4.69, 9.17) is 5.14 Å². The maximum Gasteiger partial charge on any atom is 0.238 e. The molecule has 0 aliphatic heterocycles. The molecule has 1 aromatic rings. The molecule has 0 aliphatic rings. The van der Waals surface area contributed by atoms with Gasteiger partial charge >= 0.3 is 0 Å². The molecule has 77 valence electrons. The summed E-state index contributed by atoms with van der Waals surface area (Å²) in [5.41, 5.74) is 1.02. The summed E-state index contributed by atoms with van der Waals surface area (Å²) in [5, 5.41) is 8.66. The van der Waals surface area contributed by atoms with Gasteiger partial charge in [0.2, 0.25) is 10.0 Å². The van der Waals surface area contributed by atoms with Crippen molar-refractivity contribution in [3.8, 4) is 0 Å². The van der Waals surface area contributed by atoms with Gasteiger partial charge < -0.3 is 5.32 Å². The van der Waals surface area contributed by atoms with E-state index in [1.54, 1.807) is 12.1 Å². The van der Waals surface area contributed by atoms with Crippen molar-refractivity contribution in [3.63, 3.8) is 0 Å². The third kappa shape index (κ3) is 3.10. The second-order valence-electron chi connectivity index (χ2n) is 2.89. The van der Waals surface area contributed by atoms with Crippen LogP contribution in [0.1, 0.15) is 5.56 Å². The van der Waals surface area contributed by atoms with Crippen molar-refractivity contribution < 1.29 is 8.42 Å². The Morgan fingerprint density at radius 2 is 1.86 bits per heavy atom. The van der Waals surface area contributed by atoms with Gasteiger partial charge in [-0.3, -0.25) is 7.05 Å². The van der Waals surface area contributed by atoms with Gasteiger partial charge in [0.15, 0.2) is 0 Å². The molecular weight excluding hydrogens is 200 g/mol. The van der Waals surface area contributed by atoms with Gasteiger partial charge in [0, 0.05) is 0 Å². The molecule has 0 bridgehead atoms. The van der Waals surface area contributed by atoms with E-state index in [2.05, 4.69) is 12.4 Å². The van der Waals surface area contributed by atoms with E-state index >= 15 is 0 Å². The van der Waals surface area contributed by atoms with Crippen molar-refractivity contribution in [1.82, 2.24) is 5.32 Å². The van der Waals surface area contributed by atoms with Crippen LogP contribution in [0.5, 0.6) is 0 Å². The Hall–Kier alpha value is -0.910. The first-order valence-corrected chi connectivity index (χ1v) is 5.63. The number of hydrogen-bond acceptors (Lipinski definition) is 2. The fourth-order valence-electron chi connectivity index (χ4n) is 1.05. The van der Waals surface area contributed by atoms with E-state index in [1.165, 1.54) is 12.1 Å². The quantitative estimate of drug-likeness (QED) is 0.727. The average Bonchev–Trinajstić information content (AvgIpc) is 2.14. The van der Waals surface area contributed by atoms with Crippen molar-refractivity contribution in [2.75, 3.05) is 6.54 Å². The Kier molecular flexibility index (Phi) is 3.62. The molecule has 0 atom stereocenters. The fraction of sp³-hybridized carbons (Fsp3) is 0.222. The summed E-state index contributed by atoms with van der Waals surface area (Å²) >= 11 is 0. The van der Waals surface area contributed by atoms with Crippen LogP contribution in [0.4, 0.5) is 0 Å². The number of nitrogens with zero attached hydrogens (tertiary/aromatic N) is 1. The Bertz CT molecular complexity index is 384. The van der Waals surface area contributed by atoms with Crippen LogP contribution in [-0.2, 0) is 16.4 Å². The second-order valence-corrected chi connectivity index (χ2v) is 4.45. The maximum absolute atomic E-state index is 10.9. The Morgan fingerprint density at radius 1 is 1.29 bits per heavy atom. The van der Waals surface area contributed by atoms with Gasteiger partial charge in [-0.25, -0.2) is 13.6 Å². The molecule has 0 heterocycles. The second kappa shape index (κ2) is 4.54. The molecule has 1 radical (unpaired) electrons. The van der Waals surface area contributed by atoms with Crippen LogP contribution < -0.4 is 10.5 Å². The SMILES string of the molecule is [CH2-][N]CCc1ccc(S(N)(=O)=O)cc1. The van der Waals surface area contributed by atoms with Gasteiger partial charge in [-0.1, -0.05) is 12.1 Å². The van der Waals surface area contributed by atoms with Gasteiger partial charge in [-0.2, -0.15) is 0 Å². The molecule has 0 spiro atoms. The van der Waals surface area contributed by atoms with Crippen LogP contribution in [-0.4, -0.2) is 15.0 Å². The zero-order valence-electron chi connectivity index (χ0n) is 7.68. The van der Waals surface area contributed by atoms with E-state index in [9.17, 15) is 8.42 Å². The average molecular weight is 212 g/mol. The molecule has 0 unspecified atom stereocenters. The molecular formula is C9H12N2O2S-. The highest BCUT2D eigenvalue weighted by atomic mass is 32.2. The minimum Gasteiger partial charge on any atom is -0.424 e. The third-order valence-electron chi connectivity index (χ3n) is 1.81. The standard InChI is InChI=1S/C9H12N2O2S/c1-11-7-6-8-2-4-9(5-3-8)14(10,12)13/h2-5H,1,6-7H2,(H2,10,12,13)/q-1. The zero-order valence-corrected chi connectivity index (χ0v) is 8.50. The van der Waals surface area contributed by atoms with Crippen molar-refractivity contribution >= 4 is 10.0 Å². The summed E-state index contributed by atoms with van der Waals surface area (Å²) < 4.78 is 21.8. The van der Waals surface area contributed by atoms with E-state index < -0.39 is 10.0 Å². The molecule has 0 amide bonds. The summed E-state index contributed by atoms with van der Waals surface area (Å²) in [6.45, 7) is 0.634. The molecule has 0 saturated carbocycles. The van der Waals surface area contributed by atoms with E-state index in [-0.39, 0.29) is 4.90 Å². The lowest BCUT2D eigenvalue weighted by Gasteiger charge is -2.03. The Morgan fingerprint density at radius 3 is 2.29 bits per heavy atom. The number of hydrogen-bond donors (Lipinski definition) is 1. The summed E-state index contributed by atoms with van der Waals surface area (Å²) in [4.78, 5) is 0.132. The molecule has 1 rings (SSSR count). The molecule has 0 fully saturated rings. The Balaban J connectivity index is 2.79.